The van der Waals surface area contributed by atoms with Crippen molar-refractivity contribution in [2.24, 2.45) is 10.9 Å². The molecule has 19 heavy (non-hydrogen) atoms. The maximum atomic E-state index is 8.87. The number of nitrogen functional groups attached to an aromatic ring is 1. The van der Waals surface area contributed by atoms with E-state index in [1.165, 1.54) is 0 Å². The second-order valence-electron chi connectivity index (χ2n) is 4.91. The third kappa shape index (κ3) is 4.26. The Morgan fingerprint density at radius 2 is 2.16 bits per heavy atom. The van der Waals surface area contributed by atoms with E-state index in [2.05, 4.69) is 31.0 Å². The van der Waals surface area contributed by atoms with Crippen LogP contribution < -0.4 is 5.73 Å². The lowest BCUT2D eigenvalue weighted by Gasteiger charge is -2.10. The summed E-state index contributed by atoms with van der Waals surface area (Å²) < 4.78 is 0. The fourth-order valence-electron chi connectivity index (χ4n) is 1.68. The fraction of sp³-hybridized carbons (Fsp3) is 0.375. The van der Waals surface area contributed by atoms with E-state index in [1.54, 1.807) is 12.1 Å². The number of hydrogen-bond acceptors (Lipinski definition) is 3. The predicted molar refractivity (Wildman–Crippen MR) is 81.8 cm³/mol. The van der Waals surface area contributed by atoms with Gasteiger partial charge in [-0.1, -0.05) is 26.3 Å². The van der Waals surface area contributed by atoms with Gasteiger partial charge in [0.15, 0.2) is 0 Å². The minimum Gasteiger partial charge on any atom is -0.398 e. The van der Waals surface area contributed by atoms with Crippen molar-refractivity contribution >= 4 is 17.1 Å². The Morgan fingerprint density at radius 3 is 2.63 bits per heavy atom. The molecule has 1 rings (SSSR count). The van der Waals surface area contributed by atoms with Gasteiger partial charge in [0.1, 0.15) is 0 Å². The highest BCUT2D eigenvalue weighted by molar-refractivity contribution is 5.88. The van der Waals surface area contributed by atoms with Crippen LogP contribution in [0.3, 0.4) is 0 Å². The predicted octanol–water partition coefficient (Wildman–Crippen LogP) is 4.01. The Hall–Kier alpha value is -2.08. The van der Waals surface area contributed by atoms with E-state index >= 15 is 0 Å². The van der Waals surface area contributed by atoms with E-state index in [0.29, 0.717) is 17.2 Å². The molecule has 1 aromatic rings. The average Bonchev–Trinajstić information content (AvgIpc) is 2.37. The molecule has 1 aromatic carbocycles. The number of hydrogen-bond donors (Lipinski definition) is 1. The van der Waals surface area contributed by atoms with Crippen molar-refractivity contribution < 1.29 is 0 Å². The van der Waals surface area contributed by atoms with Crippen LogP contribution >= 0.6 is 0 Å². The van der Waals surface area contributed by atoms with Crippen molar-refractivity contribution in [3.8, 4) is 6.07 Å². The first kappa shape index (κ1) is 15.0. The van der Waals surface area contributed by atoms with Gasteiger partial charge < -0.3 is 5.73 Å². The molecule has 0 fully saturated rings. The first-order valence-electron chi connectivity index (χ1n) is 6.51. The van der Waals surface area contributed by atoms with Gasteiger partial charge in [-0.15, -0.1) is 0 Å². The number of benzene rings is 1. The molecule has 0 aliphatic heterocycles. The summed E-state index contributed by atoms with van der Waals surface area (Å²) in [7, 11) is 0. The summed E-state index contributed by atoms with van der Waals surface area (Å²) in [6, 6.07) is 7.43. The molecule has 0 heterocycles. The number of aliphatic imine (C=N–C) groups is 1. The lowest BCUT2D eigenvalue weighted by Crippen LogP contribution is -1.97. The smallest absolute Gasteiger partial charge is 0.0992 e. The van der Waals surface area contributed by atoms with E-state index in [-0.39, 0.29) is 0 Å². The highest BCUT2D eigenvalue weighted by Crippen LogP contribution is 2.26. The summed E-state index contributed by atoms with van der Waals surface area (Å²) in [5, 5.41) is 8.87. The van der Waals surface area contributed by atoms with E-state index in [1.807, 2.05) is 19.9 Å². The standard InChI is InChI=1S/C16H21N3/c1-5-12(4)8-16(19-11(2)3)14-7-6-13(10-17)9-15(14)18/h6-9,12H,5,18H2,1-4H3/b16-8-. The summed E-state index contributed by atoms with van der Waals surface area (Å²) in [6.07, 6.45) is 3.18. The molecule has 3 nitrogen and oxygen atoms in total. The number of rotatable bonds is 4. The number of nitriles is 1. The van der Waals surface area contributed by atoms with Crippen molar-refractivity contribution in [3.63, 3.8) is 0 Å². The molecule has 100 valence electrons. The Kier molecular flexibility index (Phi) is 5.32. The fourth-order valence-corrected chi connectivity index (χ4v) is 1.68. The highest BCUT2D eigenvalue weighted by Gasteiger charge is 2.08. The van der Waals surface area contributed by atoms with Gasteiger partial charge in [0.25, 0.3) is 0 Å². The molecule has 1 unspecified atom stereocenters. The van der Waals surface area contributed by atoms with Crippen LogP contribution in [-0.4, -0.2) is 5.71 Å². The molecule has 0 saturated heterocycles. The lowest BCUT2D eigenvalue weighted by molar-refractivity contribution is 0.699. The van der Waals surface area contributed by atoms with Crippen LogP contribution in [0.1, 0.15) is 45.2 Å². The Labute approximate surface area is 115 Å². The maximum absolute atomic E-state index is 8.87. The molecule has 0 aliphatic rings. The van der Waals surface area contributed by atoms with Gasteiger partial charge in [0.2, 0.25) is 0 Å². The van der Waals surface area contributed by atoms with E-state index in [4.69, 9.17) is 11.0 Å². The van der Waals surface area contributed by atoms with Crippen molar-refractivity contribution in [2.45, 2.75) is 34.1 Å². The Morgan fingerprint density at radius 1 is 1.47 bits per heavy atom. The third-order valence-corrected chi connectivity index (χ3v) is 2.89. The van der Waals surface area contributed by atoms with Crippen molar-refractivity contribution in [1.82, 2.24) is 0 Å². The zero-order valence-corrected chi connectivity index (χ0v) is 12.1. The molecule has 0 aromatic heterocycles. The summed E-state index contributed by atoms with van der Waals surface area (Å²) in [6.45, 7) is 8.22. The molecule has 3 heteroatoms. The van der Waals surface area contributed by atoms with Crippen molar-refractivity contribution in [2.75, 3.05) is 5.73 Å². The van der Waals surface area contributed by atoms with Gasteiger partial charge >= 0.3 is 0 Å². The number of allylic oxidation sites excluding steroid dienone is 1. The summed E-state index contributed by atoms with van der Waals surface area (Å²) >= 11 is 0. The second-order valence-corrected chi connectivity index (χ2v) is 4.91. The number of nitrogens with zero attached hydrogens (tertiary/aromatic N) is 2. The molecule has 0 saturated carbocycles. The topological polar surface area (TPSA) is 62.2 Å². The molecule has 0 amide bonds. The normalized spacial score (nSPS) is 12.7. The van der Waals surface area contributed by atoms with Gasteiger partial charge in [0.05, 0.1) is 17.3 Å². The zero-order chi connectivity index (χ0) is 14.4. The van der Waals surface area contributed by atoms with Gasteiger partial charge in [-0.25, -0.2) is 0 Å². The van der Waals surface area contributed by atoms with Crippen molar-refractivity contribution in [1.29, 1.82) is 5.26 Å². The molecular formula is C16H21N3. The first-order valence-corrected chi connectivity index (χ1v) is 6.51. The molecule has 2 N–H and O–H groups in total. The molecule has 0 spiro atoms. The zero-order valence-electron chi connectivity index (χ0n) is 12.1. The summed E-state index contributed by atoms with van der Waals surface area (Å²) in [5.74, 6) is 0.438. The third-order valence-electron chi connectivity index (χ3n) is 2.89. The minimum atomic E-state index is 0.438. The lowest BCUT2D eigenvalue weighted by atomic mass is 10.0. The first-order chi connectivity index (χ1) is 8.97. The monoisotopic (exact) mass is 255 g/mol. The minimum absolute atomic E-state index is 0.438. The molecule has 0 radical (unpaired) electrons. The number of nitrogens with two attached hydrogens (primary N) is 1. The van der Waals surface area contributed by atoms with Gasteiger partial charge in [-0.05, 0) is 38.0 Å². The Balaban J connectivity index is 3.30. The quantitative estimate of drug-likeness (QED) is 0.652. The average molecular weight is 255 g/mol. The number of anilines is 1. The van der Waals surface area contributed by atoms with Crippen LogP contribution in [0.4, 0.5) is 5.69 Å². The van der Waals surface area contributed by atoms with Gasteiger partial charge in [0, 0.05) is 17.0 Å². The maximum Gasteiger partial charge on any atom is 0.0992 e. The molecule has 1 atom stereocenters. The SMILES string of the molecule is CCC(C)/C=C(\N=C(C)C)c1ccc(C#N)cc1N. The van der Waals surface area contributed by atoms with E-state index in [0.717, 1.165) is 23.4 Å². The van der Waals surface area contributed by atoms with Crippen LogP contribution in [0.15, 0.2) is 29.3 Å². The van der Waals surface area contributed by atoms with E-state index < -0.39 is 0 Å². The summed E-state index contributed by atoms with van der Waals surface area (Å²) in [4.78, 5) is 4.57. The van der Waals surface area contributed by atoms with Crippen molar-refractivity contribution in [3.05, 3.63) is 35.4 Å². The summed E-state index contributed by atoms with van der Waals surface area (Å²) in [5.41, 5.74) is 9.96. The van der Waals surface area contributed by atoms with Crippen LogP contribution in [0, 0.1) is 17.2 Å². The van der Waals surface area contributed by atoms with Crippen LogP contribution in [0.2, 0.25) is 0 Å². The van der Waals surface area contributed by atoms with E-state index in [9.17, 15) is 0 Å². The molecular weight excluding hydrogens is 234 g/mol. The molecule has 0 aliphatic carbocycles. The van der Waals surface area contributed by atoms with Crippen LogP contribution in [0.25, 0.3) is 5.70 Å². The molecule has 0 bridgehead atoms. The Bertz CT molecular complexity index is 544. The van der Waals surface area contributed by atoms with Crippen LogP contribution in [-0.2, 0) is 0 Å². The van der Waals surface area contributed by atoms with Crippen LogP contribution in [0.5, 0.6) is 0 Å². The van der Waals surface area contributed by atoms with Gasteiger partial charge in [-0.2, -0.15) is 5.26 Å². The second kappa shape index (κ2) is 6.75. The van der Waals surface area contributed by atoms with Gasteiger partial charge in [-0.3, -0.25) is 4.99 Å². The highest BCUT2D eigenvalue weighted by atomic mass is 14.8. The largest absolute Gasteiger partial charge is 0.398 e.